The molecule has 2 aliphatic rings. The largest absolute Gasteiger partial charge is 0.376 e. The molecule has 3 rings (SSSR count). The second-order valence-corrected chi connectivity index (χ2v) is 4.46. The number of fused-ring (bicyclic) bond motifs is 1. The van der Waals surface area contributed by atoms with E-state index in [1.165, 1.54) is 30.7 Å². The van der Waals surface area contributed by atoms with Gasteiger partial charge >= 0.3 is 0 Å². The summed E-state index contributed by atoms with van der Waals surface area (Å²) in [6.07, 6.45) is 5.66. The Morgan fingerprint density at radius 3 is 2.93 bits per heavy atom. The van der Waals surface area contributed by atoms with Crippen LogP contribution in [0.4, 0.5) is 0 Å². The van der Waals surface area contributed by atoms with Gasteiger partial charge in [0.25, 0.3) is 0 Å². The highest BCUT2D eigenvalue weighted by Gasteiger charge is 2.28. The van der Waals surface area contributed by atoms with Gasteiger partial charge in [-0.25, -0.2) is 0 Å². The molecule has 0 amide bonds. The maximum Gasteiger partial charge on any atom is 0.152 e. The molecule has 1 aromatic rings. The lowest BCUT2D eigenvalue weighted by Crippen LogP contribution is -2.11. The Morgan fingerprint density at radius 2 is 2.27 bits per heavy atom. The summed E-state index contributed by atoms with van der Waals surface area (Å²) in [5.74, 6) is 0.593. The molecule has 0 bridgehead atoms. The second kappa shape index (κ2) is 3.49. The van der Waals surface area contributed by atoms with Crippen LogP contribution in [-0.4, -0.2) is 17.9 Å². The fraction of sp³-hybridized carbons (Fsp3) is 0.583. The van der Waals surface area contributed by atoms with Gasteiger partial charge in [0.15, 0.2) is 6.29 Å². The van der Waals surface area contributed by atoms with E-state index in [0.29, 0.717) is 12.5 Å². The number of H-pyrrole nitrogens is 1. The van der Waals surface area contributed by atoms with E-state index in [1.807, 2.05) is 0 Å². The van der Waals surface area contributed by atoms with Crippen LogP contribution in [0.3, 0.4) is 0 Å². The molecule has 3 nitrogen and oxygen atoms in total. The molecule has 1 saturated carbocycles. The molecule has 1 aliphatic carbocycles. The molecular formula is C12H15NO2. The summed E-state index contributed by atoms with van der Waals surface area (Å²) in [6.45, 7) is 1.38. The molecule has 0 atom stereocenters. The number of hydrogen-bond acceptors (Lipinski definition) is 2. The maximum atomic E-state index is 11.1. The zero-order chi connectivity index (χ0) is 10.3. The predicted molar refractivity (Wildman–Crippen MR) is 56.1 cm³/mol. The summed E-state index contributed by atoms with van der Waals surface area (Å²) < 4.78 is 5.40. The van der Waals surface area contributed by atoms with Crippen molar-refractivity contribution >= 4 is 6.29 Å². The molecule has 0 aromatic carbocycles. The van der Waals surface area contributed by atoms with Crippen molar-refractivity contribution < 1.29 is 9.53 Å². The molecule has 1 aliphatic heterocycles. The van der Waals surface area contributed by atoms with Crippen LogP contribution in [0.2, 0.25) is 0 Å². The first-order chi connectivity index (χ1) is 7.40. The number of rotatable bonds is 2. The van der Waals surface area contributed by atoms with E-state index in [0.717, 1.165) is 30.4 Å². The van der Waals surface area contributed by atoms with Crippen molar-refractivity contribution in [1.82, 2.24) is 4.98 Å². The minimum absolute atomic E-state index is 0.593. The summed E-state index contributed by atoms with van der Waals surface area (Å²) in [7, 11) is 0. The summed E-state index contributed by atoms with van der Waals surface area (Å²) >= 11 is 0. The number of carbonyl (C=O) groups is 1. The van der Waals surface area contributed by atoms with Crippen molar-refractivity contribution in [2.24, 2.45) is 0 Å². The Balaban J connectivity index is 2.05. The van der Waals surface area contributed by atoms with E-state index in [4.69, 9.17) is 4.74 Å². The average molecular weight is 205 g/mol. The van der Waals surface area contributed by atoms with E-state index >= 15 is 0 Å². The van der Waals surface area contributed by atoms with Gasteiger partial charge in [-0.05, 0) is 18.8 Å². The molecule has 0 spiro atoms. The number of aromatic amines is 1. The minimum Gasteiger partial charge on any atom is -0.376 e. The van der Waals surface area contributed by atoms with Crippen molar-refractivity contribution in [2.45, 2.75) is 38.2 Å². The second-order valence-electron chi connectivity index (χ2n) is 4.46. The average Bonchev–Trinajstić information content (AvgIpc) is 2.53. The van der Waals surface area contributed by atoms with Crippen LogP contribution in [0.1, 0.15) is 52.5 Å². The van der Waals surface area contributed by atoms with E-state index < -0.39 is 0 Å². The zero-order valence-electron chi connectivity index (χ0n) is 8.71. The standard InChI is InChI=1S/C12H15NO2/c14-6-9-10-7-15-5-4-11(10)13-12(9)8-2-1-3-8/h6,8,13H,1-5,7H2. The molecular weight excluding hydrogens is 190 g/mol. The first kappa shape index (κ1) is 9.16. The van der Waals surface area contributed by atoms with Crippen LogP contribution in [0.25, 0.3) is 0 Å². The Labute approximate surface area is 88.8 Å². The summed E-state index contributed by atoms with van der Waals surface area (Å²) in [5, 5.41) is 0. The highest BCUT2D eigenvalue weighted by atomic mass is 16.5. The van der Waals surface area contributed by atoms with Gasteiger partial charge in [-0.1, -0.05) is 6.42 Å². The molecule has 1 N–H and O–H groups in total. The maximum absolute atomic E-state index is 11.1. The lowest BCUT2D eigenvalue weighted by molar-refractivity contribution is 0.105. The van der Waals surface area contributed by atoms with Gasteiger partial charge in [0, 0.05) is 28.9 Å². The summed E-state index contributed by atoms with van der Waals surface area (Å²) in [4.78, 5) is 14.6. The van der Waals surface area contributed by atoms with Gasteiger partial charge in [-0.15, -0.1) is 0 Å². The van der Waals surface area contributed by atoms with Gasteiger partial charge in [0.2, 0.25) is 0 Å². The molecule has 0 unspecified atom stereocenters. The first-order valence-electron chi connectivity index (χ1n) is 5.66. The summed E-state index contributed by atoms with van der Waals surface area (Å²) in [5.41, 5.74) is 4.39. The van der Waals surface area contributed by atoms with Gasteiger partial charge in [0.1, 0.15) is 0 Å². The topological polar surface area (TPSA) is 42.1 Å². The third-order valence-corrected chi connectivity index (χ3v) is 3.64. The lowest BCUT2D eigenvalue weighted by Gasteiger charge is -2.25. The minimum atomic E-state index is 0.593. The van der Waals surface area contributed by atoms with Crippen LogP contribution in [0.5, 0.6) is 0 Å². The molecule has 3 heteroatoms. The van der Waals surface area contributed by atoms with Crippen molar-refractivity contribution in [1.29, 1.82) is 0 Å². The van der Waals surface area contributed by atoms with Crippen LogP contribution >= 0.6 is 0 Å². The van der Waals surface area contributed by atoms with Crippen LogP contribution in [0.15, 0.2) is 0 Å². The van der Waals surface area contributed by atoms with E-state index in [2.05, 4.69) is 4.98 Å². The first-order valence-corrected chi connectivity index (χ1v) is 5.66. The highest BCUT2D eigenvalue weighted by molar-refractivity contribution is 5.80. The van der Waals surface area contributed by atoms with Crippen molar-refractivity contribution in [3.63, 3.8) is 0 Å². The predicted octanol–water partition coefficient (Wildman–Crippen LogP) is 2.17. The molecule has 1 aromatic heterocycles. The van der Waals surface area contributed by atoms with Gasteiger partial charge in [-0.2, -0.15) is 0 Å². The fourth-order valence-electron chi connectivity index (χ4n) is 2.51. The normalized spacial score (nSPS) is 20.8. The third-order valence-electron chi connectivity index (χ3n) is 3.64. The van der Waals surface area contributed by atoms with Gasteiger partial charge in [-0.3, -0.25) is 4.79 Å². The highest BCUT2D eigenvalue weighted by Crippen LogP contribution is 2.39. The quantitative estimate of drug-likeness (QED) is 0.752. The van der Waals surface area contributed by atoms with E-state index in [1.54, 1.807) is 0 Å². The number of nitrogens with one attached hydrogen (secondary N) is 1. The Kier molecular flexibility index (Phi) is 2.13. The molecule has 1 fully saturated rings. The molecule has 0 radical (unpaired) electrons. The zero-order valence-corrected chi connectivity index (χ0v) is 8.71. The number of ether oxygens (including phenoxy) is 1. The van der Waals surface area contributed by atoms with E-state index in [9.17, 15) is 4.79 Å². The number of hydrogen-bond donors (Lipinski definition) is 1. The van der Waals surface area contributed by atoms with Crippen molar-refractivity contribution in [2.75, 3.05) is 6.61 Å². The van der Waals surface area contributed by atoms with Crippen molar-refractivity contribution in [3.8, 4) is 0 Å². The molecule has 0 saturated heterocycles. The van der Waals surface area contributed by atoms with E-state index in [-0.39, 0.29) is 0 Å². The lowest BCUT2D eigenvalue weighted by atomic mass is 9.81. The number of carbonyl (C=O) groups excluding carboxylic acids is 1. The van der Waals surface area contributed by atoms with Crippen LogP contribution in [-0.2, 0) is 17.8 Å². The number of aldehydes is 1. The monoisotopic (exact) mass is 205 g/mol. The van der Waals surface area contributed by atoms with Gasteiger partial charge < -0.3 is 9.72 Å². The third kappa shape index (κ3) is 1.34. The van der Waals surface area contributed by atoms with Crippen LogP contribution < -0.4 is 0 Å². The Bertz CT molecular complexity index is 391. The Hall–Kier alpha value is -1.09. The fourth-order valence-corrected chi connectivity index (χ4v) is 2.51. The van der Waals surface area contributed by atoms with Crippen molar-refractivity contribution in [3.05, 3.63) is 22.5 Å². The smallest absolute Gasteiger partial charge is 0.152 e. The SMILES string of the molecule is O=Cc1c(C2CCC2)[nH]c2c1COCC2. The molecule has 80 valence electrons. The molecule has 15 heavy (non-hydrogen) atoms. The Morgan fingerprint density at radius 1 is 1.40 bits per heavy atom. The van der Waals surface area contributed by atoms with Gasteiger partial charge in [0.05, 0.1) is 13.2 Å². The van der Waals surface area contributed by atoms with Crippen LogP contribution in [0, 0.1) is 0 Å². The molecule has 2 heterocycles. The number of aromatic nitrogens is 1. The summed E-state index contributed by atoms with van der Waals surface area (Å²) in [6, 6.07) is 0.